The smallest absolute Gasteiger partial charge is 0.317 e. The van der Waals surface area contributed by atoms with Crippen LogP contribution in [-0.2, 0) is 11.3 Å². The zero-order chi connectivity index (χ0) is 18.2. The second-order valence-electron chi connectivity index (χ2n) is 6.46. The topological polar surface area (TPSA) is 41.6 Å². The summed E-state index contributed by atoms with van der Waals surface area (Å²) in [5.41, 5.74) is 1.14. The van der Waals surface area contributed by atoms with Crippen molar-refractivity contribution < 1.29 is 9.53 Å². The Morgan fingerprint density at radius 2 is 1.88 bits per heavy atom. The summed E-state index contributed by atoms with van der Waals surface area (Å²) in [7, 11) is 1.75. The van der Waals surface area contributed by atoms with Gasteiger partial charge in [-0.1, -0.05) is 48.2 Å². The fraction of sp³-hybridized carbons (Fsp3) is 0.381. The number of hydrogen-bond acceptors (Lipinski definition) is 3. The third-order valence-corrected chi connectivity index (χ3v) is 5.80. The summed E-state index contributed by atoms with van der Waals surface area (Å²) in [6, 6.07) is 18.6. The van der Waals surface area contributed by atoms with Crippen LogP contribution in [0.5, 0.6) is 0 Å². The van der Waals surface area contributed by atoms with Crippen LogP contribution in [0.1, 0.15) is 24.8 Å². The molecule has 138 valence electrons. The number of benzene rings is 2. The van der Waals surface area contributed by atoms with E-state index in [2.05, 4.69) is 29.6 Å². The quantitative estimate of drug-likeness (QED) is 0.840. The van der Waals surface area contributed by atoms with Crippen molar-refractivity contribution in [2.45, 2.75) is 41.7 Å². The summed E-state index contributed by atoms with van der Waals surface area (Å²) in [6.07, 6.45) is 3.20. The average molecular weight is 371 g/mol. The van der Waals surface area contributed by atoms with Crippen molar-refractivity contribution in [2.24, 2.45) is 0 Å². The van der Waals surface area contributed by atoms with Crippen LogP contribution in [0.3, 0.4) is 0 Å². The van der Waals surface area contributed by atoms with Crippen molar-refractivity contribution in [1.29, 1.82) is 0 Å². The van der Waals surface area contributed by atoms with Gasteiger partial charge in [0.2, 0.25) is 0 Å². The summed E-state index contributed by atoms with van der Waals surface area (Å²) in [6.45, 7) is 2.09. The number of urea groups is 1. The minimum Gasteiger partial charge on any atom is -0.381 e. The molecule has 0 spiro atoms. The van der Waals surface area contributed by atoms with Crippen LogP contribution >= 0.6 is 11.8 Å². The van der Waals surface area contributed by atoms with Gasteiger partial charge in [0.05, 0.1) is 6.10 Å². The highest BCUT2D eigenvalue weighted by molar-refractivity contribution is 7.99. The minimum absolute atomic E-state index is 0.0151. The van der Waals surface area contributed by atoms with Crippen LogP contribution in [0.15, 0.2) is 64.4 Å². The molecule has 0 aliphatic carbocycles. The van der Waals surface area contributed by atoms with Gasteiger partial charge in [0.1, 0.15) is 0 Å². The molecule has 0 radical (unpaired) electrons. The van der Waals surface area contributed by atoms with Gasteiger partial charge in [-0.25, -0.2) is 4.79 Å². The van der Waals surface area contributed by atoms with Gasteiger partial charge in [0.15, 0.2) is 0 Å². The molecule has 2 amide bonds. The van der Waals surface area contributed by atoms with Gasteiger partial charge in [-0.15, -0.1) is 0 Å². The molecule has 4 nitrogen and oxygen atoms in total. The van der Waals surface area contributed by atoms with E-state index >= 15 is 0 Å². The van der Waals surface area contributed by atoms with Crippen molar-refractivity contribution >= 4 is 17.8 Å². The SMILES string of the molecule is COC1CCCN(C(=O)NCc2ccccc2Sc2ccccc2)CC1. The van der Waals surface area contributed by atoms with Gasteiger partial charge in [0.25, 0.3) is 0 Å². The molecule has 2 aromatic rings. The molecule has 1 heterocycles. The molecule has 1 saturated heterocycles. The zero-order valence-corrected chi connectivity index (χ0v) is 16.0. The van der Waals surface area contributed by atoms with E-state index in [1.807, 2.05) is 35.2 Å². The van der Waals surface area contributed by atoms with E-state index in [-0.39, 0.29) is 12.1 Å². The van der Waals surface area contributed by atoms with Gasteiger partial charge in [0, 0.05) is 36.5 Å². The van der Waals surface area contributed by atoms with Gasteiger partial charge in [-0.3, -0.25) is 0 Å². The third-order valence-electron chi connectivity index (χ3n) is 4.67. The Labute approximate surface area is 159 Å². The molecule has 1 aliphatic heterocycles. The van der Waals surface area contributed by atoms with Crippen molar-refractivity contribution in [2.75, 3.05) is 20.2 Å². The summed E-state index contributed by atoms with van der Waals surface area (Å²) in [4.78, 5) is 16.8. The average Bonchev–Trinajstić information content (AvgIpc) is 2.93. The maximum absolute atomic E-state index is 12.6. The first-order chi connectivity index (χ1) is 12.8. The largest absolute Gasteiger partial charge is 0.381 e. The molecule has 1 atom stereocenters. The number of methoxy groups -OCH3 is 1. The van der Waals surface area contributed by atoms with Crippen LogP contribution in [0.25, 0.3) is 0 Å². The molecule has 0 saturated carbocycles. The van der Waals surface area contributed by atoms with E-state index in [9.17, 15) is 4.79 Å². The van der Waals surface area contributed by atoms with Crippen molar-refractivity contribution in [3.8, 4) is 0 Å². The molecule has 1 N–H and O–H groups in total. The second-order valence-corrected chi connectivity index (χ2v) is 7.57. The number of ether oxygens (including phenoxy) is 1. The highest BCUT2D eigenvalue weighted by Crippen LogP contribution is 2.30. The first kappa shape index (κ1) is 18.8. The number of carbonyl (C=O) groups is 1. The molecule has 0 bridgehead atoms. The highest BCUT2D eigenvalue weighted by atomic mass is 32.2. The Morgan fingerprint density at radius 1 is 1.12 bits per heavy atom. The van der Waals surface area contributed by atoms with Crippen LogP contribution in [0, 0.1) is 0 Å². The van der Waals surface area contributed by atoms with Gasteiger partial charge in [-0.2, -0.15) is 0 Å². The van der Waals surface area contributed by atoms with E-state index in [4.69, 9.17) is 4.74 Å². The van der Waals surface area contributed by atoms with Gasteiger partial charge >= 0.3 is 6.03 Å². The number of carbonyl (C=O) groups excluding carboxylic acids is 1. The molecule has 1 unspecified atom stereocenters. The van der Waals surface area contributed by atoms with Crippen LogP contribution in [0.4, 0.5) is 4.79 Å². The third kappa shape index (κ3) is 5.26. The molecule has 1 aliphatic rings. The predicted molar refractivity (Wildman–Crippen MR) is 105 cm³/mol. The summed E-state index contributed by atoms with van der Waals surface area (Å²) in [5.74, 6) is 0. The summed E-state index contributed by atoms with van der Waals surface area (Å²) in [5, 5.41) is 3.09. The fourth-order valence-corrected chi connectivity index (χ4v) is 4.12. The number of likely N-dealkylation sites (tertiary alicyclic amines) is 1. The van der Waals surface area contributed by atoms with E-state index in [0.717, 1.165) is 37.9 Å². The van der Waals surface area contributed by atoms with Crippen molar-refractivity contribution in [3.63, 3.8) is 0 Å². The molecule has 3 rings (SSSR count). The highest BCUT2D eigenvalue weighted by Gasteiger charge is 2.20. The van der Waals surface area contributed by atoms with E-state index in [1.54, 1.807) is 18.9 Å². The maximum Gasteiger partial charge on any atom is 0.317 e. The molecular formula is C21H26N2O2S. The molecule has 1 fully saturated rings. The van der Waals surface area contributed by atoms with Gasteiger partial charge in [-0.05, 0) is 43.0 Å². The monoisotopic (exact) mass is 370 g/mol. The molecule has 5 heteroatoms. The Morgan fingerprint density at radius 3 is 2.69 bits per heavy atom. The van der Waals surface area contributed by atoms with E-state index in [0.29, 0.717) is 6.54 Å². The fourth-order valence-electron chi connectivity index (χ4n) is 3.15. The summed E-state index contributed by atoms with van der Waals surface area (Å²) >= 11 is 1.73. The lowest BCUT2D eigenvalue weighted by Crippen LogP contribution is -2.40. The normalized spacial score (nSPS) is 17.6. The van der Waals surface area contributed by atoms with Crippen LogP contribution in [-0.4, -0.2) is 37.2 Å². The number of rotatable bonds is 5. The number of amides is 2. The zero-order valence-electron chi connectivity index (χ0n) is 15.2. The Hall–Kier alpha value is -1.98. The molecule has 2 aromatic carbocycles. The molecule has 26 heavy (non-hydrogen) atoms. The minimum atomic E-state index is 0.0151. The predicted octanol–water partition coefficient (Wildman–Crippen LogP) is 4.55. The van der Waals surface area contributed by atoms with Crippen molar-refractivity contribution in [1.82, 2.24) is 10.2 Å². The van der Waals surface area contributed by atoms with Crippen molar-refractivity contribution in [3.05, 3.63) is 60.2 Å². The first-order valence-electron chi connectivity index (χ1n) is 9.12. The molecular weight excluding hydrogens is 344 g/mol. The first-order valence-corrected chi connectivity index (χ1v) is 9.94. The standard InChI is InChI=1S/C21H26N2O2S/c1-25-18-9-7-14-23(15-13-18)21(24)22-16-17-8-5-6-12-20(17)26-19-10-3-2-4-11-19/h2-6,8,10-12,18H,7,9,13-16H2,1H3,(H,22,24). The van der Waals surface area contributed by atoms with E-state index in [1.165, 1.54) is 9.79 Å². The van der Waals surface area contributed by atoms with E-state index < -0.39 is 0 Å². The lowest BCUT2D eigenvalue weighted by Gasteiger charge is -2.21. The number of hydrogen-bond donors (Lipinski definition) is 1. The number of nitrogens with zero attached hydrogens (tertiary/aromatic N) is 1. The number of nitrogens with one attached hydrogen (secondary N) is 1. The summed E-state index contributed by atoms with van der Waals surface area (Å²) < 4.78 is 5.44. The lowest BCUT2D eigenvalue weighted by molar-refractivity contribution is 0.0906. The van der Waals surface area contributed by atoms with Crippen LogP contribution < -0.4 is 5.32 Å². The van der Waals surface area contributed by atoms with Crippen LogP contribution in [0.2, 0.25) is 0 Å². The molecule has 0 aromatic heterocycles. The lowest BCUT2D eigenvalue weighted by atomic mass is 10.2. The Balaban J connectivity index is 1.58. The van der Waals surface area contributed by atoms with Gasteiger partial charge < -0.3 is 15.0 Å². The Kier molecular flexibility index (Phi) is 6.97. The second kappa shape index (κ2) is 9.64. The maximum atomic E-state index is 12.6. The Bertz CT molecular complexity index is 708.